The fourth-order valence-corrected chi connectivity index (χ4v) is 3.71. The third kappa shape index (κ3) is 5.98. The molecule has 0 saturated carbocycles. The van der Waals surface area contributed by atoms with Crippen LogP contribution in [0, 0.1) is 0 Å². The zero-order valence-electron chi connectivity index (χ0n) is 17.4. The number of nitrogens with one attached hydrogen (secondary N) is 1. The molecule has 0 aliphatic heterocycles. The van der Waals surface area contributed by atoms with E-state index < -0.39 is 23.4 Å². The van der Waals surface area contributed by atoms with Gasteiger partial charge in [-0.15, -0.1) is 11.8 Å². The molecular formula is C24H19NO7S. The number of ketones is 1. The van der Waals surface area contributed by atoms with Crippen LogP contribution in [0.3, 0.4) is 0 Å². The molecule has 33 heavy (non-hydrogen) atoms. The minimum absolute atomic E-state index is 0.0534. The Balaban J connectivity index is 1.65. The van der Waals surface area contributed by atoms with Crippen LogP contribution in [-0.4, -0.2) is 46.7 Å². The zero-order valence-corrected chi connectivity index (χ0v) is 18.2. The molecule has 0 unspecified atom stereocenters. The highest BCUT2D eigenvalue weighted by molar-refractivity contribution is 8.00. The number of amides is 1. The molecule has 168 valence electrons. The Bertz CT molecular complexity index is 1220. The van der Waals surface area contributed by atoms with E-state index >= 15 is 0 Å². The summed E-state index contributed by atoms with van der Waals surface area (Å²) in [6.45, 7) is 0. The lowest BCUT2D eigenvalue weighted by atomic mass is 10.0. The normalized spacial score (nSPS) is 10.3. The first kappa shape index (κ1) is 23.6. The van der Waals surface area contributed by atoms with Crippen LogP contribution < -0.4 is 10.1 Å². The molecule has 0 bridgehead atoms. The number of methoxy groups -OCH3 is 1. The van der Waals surface area contributed by atoms with Crippen molar-refractivity contribution >= 4 is 41.1 Å². The molecule has 3 aromatic rings. The molecule has 9 heteroatoms. The van der Waals surface area contributed by atoms with Crippen LogP contribution in [0.15, 0.2) is 71.6 Å². The number of rotatable bonds is 9. The molecule has 0 aliphatic carbocycles. The second-order valence-electron chi connectivity index (χ2n) is 6.79. The summed E-state index contributed by atoms with van der Waals surface area (Å²) >= 11 is 1.34. The van der Waals surface area contributed by atoms with E-state index in [4.69, 9.17) is 9.84 Å². The van der Waals surface area contributed by atoms with E-state index in [-0.39, 0.29) is 22.7 Å². The Labute approximate surface area is 193 Å². The fraction of sp³-hybridized carbons (Fsp3) is 0.0833. The van der Waals surface area contributed by atoms with Gasteiger partial charge < -0.3 is 20.3 Å². The molecule has 0 saturated heterocycles. The van der Waals surface area contributed by atoms with E-state index in [0.717, 1.165) is 17.0 Å². The smallest absolute Gasteiger partial charge is 0.336 e. The molecule has 8 nitrogen and oxygen atoms in total. The molecule has 3 aromatic carbocycles. The van der Waals surface area contributed by atoms with Crippen LogP contribution in [0.4, 0.5) is 5.69 Å². The molecule has 1 amide bonds. The average Bonchev–Trinajstić information content (AvgIpc) is 2.82. The SMILES string of the molecule is COc1cccc(C(=O)CSc2ccc(NC(=O)c3ccc(C(=O)O)cc3C(=O)O)cc2)c1. The number of Topliss-reactive ketones (excluding diaryl/α,β-unsaturated/α-hetero) is 1. The summed E-state index contributed by atoms with van der Waals surface area (Å²) in [5, 5.41) is 20.9. The molecule has 0 aromatic heterocycles. The number of benzene rings is 3. The van der Waals surface area contributed by atoms with Gasteiger partial charge in [0.2, 0.25) is 0 Å². The second kappa shape index (κ2) is 10.5. The van der Waals surface area contributed by atoms with E-state index in [1.807, 2.05) is 0 Å². The lowest BCUT2D eigenvalue weighted by molar-refractivity contribution is 0.0692. The molecule has 0 fully saturated rings. The number of anilines is 1. The van der Waals surface area contributed by atoms with Crippen LogP contribution in [0.1, 0.15) is 41.4 Å². The Kier molecular flexibility index (Phi) is 7.47. The van der Waals surface area contributed by atoms with Crippen molar-refractivity contribution in [2.75, 3.05) is 18.2 Å². The number of aromatic carboxylic acids is 2. The molecular weight excluding hydrogens is 446 g/mol. The maximum Gasteiger partial charge on any atom is 0.336 e. The molecule has 0 spiro atoms. The van der Waals surface area contributed by atoms with Crippen molar-refractivity contribution in [2.45, 2.75) is 4.90 Å². The van der Waals surface area contributed by atoms with Crippen molar-refractivity contribution in [2.24, 2.45) is 0 Å². The summed E-state index contributed by atoms with van der Waals surface area (Å²) in [4.78, 5) is 48.3. The summed E-state index contributed by atoms with van der Waals surface area (Å²) in [5.74, 6) is -2.61. The van der Waals surface area contributed by atoms with Gasteiger partial charge in [-0.2, -0.15) is 0 Å². The first-order chi connectivity index (χ1) is 15.8. The van der Waals surface area contributed by atoms with E-state index in [2.05, 4.69) is 5.32 Å². The lowest BCUT2D eigenvalue weighted by Crippen LogP contribution is -2.17. The number of carbonyl (C=O) groups excluding carboxylic acids is 2. The minimum atomic E-state index is -1.41. The van der Waals surface area contributed by atoms with Crippen molar-refractivity contribution in [3.05, 3.63) is 89.0 Å². The average molecular weight is 465 g/mol. The van der Waals surface area contributed by atoms with Gasteiger partial charge in [0, 0.05) is 16.1 Å². The van der Waals surface area contributed by atoms with Gasteiger partial charge in [0.1, 0.15) is 5.75 Å². The summed E-state index contributed by atoms with van der Waals surface area (Å²) in [6, 6.07) is 16.9. The number of hydrogen-bond acceptors (Lipinski definition) is 6. The van der Waals surface area contributed by atoms with Crippen LogP contribution in [0.5, 0.6) is 5.75 Å². The van der Waals surface area contributed by atoms with Crippen molar-refractivity contribution in [3.8, 4) is 5.75 Å². The number of thioether (sulfide) groups is 1. The van der Waals surface area contributed by atoms with Crippen molar-refractivity contribution in [1.29, 1.82) is 0 Å². The third-order valence-corrected chi connectivity index (χ3v) is 5.63. The van der Waals surface area contributed by atoms with Gasteiger partial charge in [-0.05, 0) is 54.6 Å². The Morgan fingerprint density at radius 3 is 2.21 bits per heavy atom. The minimum Gasteiger partial charge on any atom is -0.497 e. The molecule has 3 rings (SSSR count). The monoisotopic (exact) mass is 465 g/mol. The van der Waals surface area contributed by atoms with Gasteiger partial charge in [0.15, 0.2) is 5.78 Å². The predicted octanol–water partition coefficient (Wildman–Crippen LogP) is 4.32. The second-order valence-corrected chi connectivity index (χ2v) is 7.84. The fourth-order valence-electron chi connectivity index (χ4n) is 2.91. The quantitative estimate of drug-likeness (QED) is 0.315. The van der Waals surface area contributed by atoms with Crippen molar-refractivity contribution < 1.29 is 34.1 Å². The van der Waals surface area contributed by atoms with Gasteiger partial charge in [-0.3, -0.25) is 9.59 Å². The summed E-state index contributed by atoms with van der Waals surface area (Å²) < 4.78 is 5.13. The van der Waals surface area contributed by atoms with Gasteiger partial charge >= 0.3 is 11.9 Å². The van der Waals surface area contributed by atoms with E-state index in [9.17, 15) is 24.3 Å². The first-order valence-corrected chi connectivity index (χ1v) is 10.6. The lowest BCUT2D eigenvalue weighted by Gasteiger charge is -2.09. The van der Waals surface area contributed by atoms with E-state index in [1.54, 1.807) is 48.5 Å². The zero-order chi connectivity index (χ0) is 24.0. The Morgan fingerprint density at radius 1 is 0.848 bits per heavy atom. The molecule has 3 N–H and O–H groups in total. The van der Waals surface area contributed by atoms with Gasteiger partial charge in [0.25, 0.3) is 5.91 Å². The van der Waals surface area contributed by atoms with Crippen molar-refractivity contribution in [3.63, 3.8) is 0 Å². The van der Waals surface area contributed by atoms with Gasteiger partial charge in [0.05, 0.1) is 29.6 Å². The molecule has 0 heterocycles. The Morgan fingerprint density at radius 2 is 1.58 bits per heavy atom. The summed E-state index contributed by atoms with van der Waals surface area (Å²) in [5.41, 5.74) is 0.176. The van der Waals surface area contributed by atoms with Crippen LogP contribution >= 0.6 is 11.8 Å². The highest BCUT2D eigenvalue weighted by atomic mass is 32.2. The van der Waals surface area contributed by atoms with E-state index in [0.29, 0.717) is 17.0 Å². The van der Waals surface area contributed by atoms with Crippen LogP contribution in [0.25, 0.3) is 0 Å². The highest BCUT2D eigenvalue weighted by Crippen LogP contribution is 2.23. The predicted molar refractivity (Wildman–Crippen MR) is 123 cm³/mol. The first-order valence-electron chi connectivity index (χ1n) is 9.60. The standard InChI is InChI=1S/C24H19NO7S/c1-32-17-4-2-3-14(11-17)21(26)13-33-18-8-6-16(7-9-18)25-22(27)19-10-5-15(23(28)29)12-20(19)24(30)31/h2-12H,13H2,1H3,(H,25,27)(H,28,29)(H,30,31). The Hall–Kier alpha value is -4.11. The highest BCUT2D eigenvalue weighted by Gasteiger charge is 2.19. The van der Waals surface area contributed by atoms with E-state index in [1.165, 1.54) is 24.9 Å². The van der Waals surface area contributed by atoms with Crippen LogP contribution in [-0.2, 0) is 0 Å². The van der Waals surface area contributed by atoms with Gasteiger partial charge in [-0.25, -0.2) is 9.59 Å². The maximum absolute atomic E-state index is 12.5. The number of carbonyl (C=O) groups is 4. The van der Waals surface area contributed by atoms with Crippen molar-refractivity contribution in [1.82, 2.24) is 0 Å². The number of ether oxygens (including phenoxy) is 1. The van der Waals surface area contributed by atoms with Crippen LogP contribution in [0.2, 0.25) is 0 Å². The third-order valence-electron chi connectivity index (χ3n) is 4.62. The summed E-state index contributed by atoms with van der Waals surface area (Å²) in [6.07, 6.45) is 0. The topological polar surface area (TPSA) is 130 Å². The molecule has 0 radical (unpaired) electrons. The van der Waals surface area contributed by atoms with Gasteiger partial charge in [-0.1, -0.05) is 12.1 Å². The number of carboxylic acid groups (broad SMARTS) is 2. The number of carboxylic acids is 2. The number of hydrogen-bond donors (Lipinski definition) is 3. The largest absolute Gasteiger partial charge is 0.497 e. The summed E-state index contributed by atoms with van der Waals surface area (Å²) in [7, 11) is 1.53. The molecule has 0 aliphatic rings. The maximum atomic E-state index is 12.5. The molecule has 0 atom stereocenters.